The summed E-state index contributed by atoms with van der Waals surface area (Å²) in [5.41, 5.74) is 2.33. The molecule has 2 unspecified atom stereocenters. The fourth-order valence-electron chi connectivity index (χ4n) is 3.78. The van der Waals surface area contributed by atoms with Gasteiger partial charge in [-0.15, -0.1) is 0 Å². The van der Waals surface area contributed by atoms with Gasteiger partial charge in [0.1, 0.15) is 30.8 Å². The molecular formula is C28H35Br7O3. The first-order valence-corrected chi connectivity index (χ1v) is 19.2. The van der Waals surface area contributed by atoms with Crippen molar-refractivity contribution in [3.05, 3.63) is 53.3 Å². The molecule has 0 N–H and O–H groups in total. The minimum atomic E-state index is 0.0124. The zero-order valence-electron chi connectivity index (χ0n) is 21.5. The Morgan fingerprint density at radius 1 is 0.658 bits per heavy atom. The van der Waals surface area contributed by atoms with Crippen molar-refractivity contribution in [3.63, 3.8) is 0 Å². The molecule has 0 aromatic heterocycles. The first-order chi connectivity index (χ1) is 18.3. The van der Waals surface area contributed by atoms with Crippen LogP contribution in [0.4, 0.5) is 0 Å². The first-order valence-electron chi connectivity index (χ1n) is 12.9. The molecule has 0 spiro atoms. The van der Waals surface area contributed by atoms with Crippen LogP contribution in [0, 0.1) is 0 Å². The van der Waals surface area contributed by atoms with Gasteiger partial charge in [0.15, 0.2) is 0 Å². The van der Waals surface area contributed by atoms with Gasteiger partial charge in [0.25, 0.3) is 0 Å². The second-order valence-electron chi connectivity index (χ2n) is 9.10. The van der Waals surface area contributed by atoms with Gasteiger partial charge in [-0.2, -0.15) is 0 Å². The van der Waals surface area contributed by atoms with E-state index in [9.17, 15) is 0 Å². The third-order valence-corrected chi connectivity index (χ3v) is 11.1. The van der Waals surface area contributed by atoms with E-state index < -0.39 is 0 Å². The quantitative estimate of drug-likeness (QED) is 0.104. The summed E-state index contributed by atoms with van der Waals surface area (Å²) in [4.78, 5) is 0.248. The summed E-state index contributed by atoms with van der Waals surface area (Å²) in [5.74, 6) is 1.60. The van der Waals surface area contributed by atoms with Crippen LogP contribution in [0.25, 0.3) is 0 Å². The maximum absolute atomic E-state index is 6.17. The Morgan fingerprint density at radius 3 is 1.61 bits per heavy atom. The van der Waals surface area contributed by atoms with Crippen LogP contribution in [0.3, 0.4) is 0 Å². The van der Waals surface area contributed by atoms with E-state index in [-0.39, 0.29) is 10.9 Å². The van der Waals surface area contributed by atoms with Gasteiger partial charge in [0.2, 0.25) is 0 Å². The highest BCUT2D eigenvalue weighted by molar-refractivity contribution is 9.12. The molecule has 0 aliphatic carbocycles. The molecule has 0 bridgehead atoms. The fraction of sp³-hybridized carbons (Fsp3) is 0.571. The Bertz CT molecular complexity index is 927. The number of ether oxygens (including phenoxy) is 3. The van der Waals surface area contributed by atoms with Gasteiger partial charge >= 0.3 is 0 Å². The van der Waals surface area contributed by atoms with Gasteiger partial charge in [-0.25, -0.2) is 0 Å². The standard InChI is InChI=1S/C28H35Br7O3/c1-2-3-4-5-6-7-8-9-36-22(16-30)18-38-28-25(34)13-20(14-26(28)35)10-19-11-23(32)27(24(33)12-19)37-17-21(31)15-29/h11-14,21-22H,2-10,15-18H2,1H3. The number of hydrogen-bond acceptors (Lipinski definition) is 3. The van der Waals surface area contributed by atoms with Crippen LogP contribution in [0.5, 0.6) is 11.5 Å². The maximum atomic E-state index is 6.17. The molecular weight excluding hydrogens is 944 g/mol. The van der Waals surface area contributed by atoms with Crippen molar-refractivity contribution in [2.24, 2.45) is 0 Å². The van der Waals surface area contributed by atoms with Crippen LogP contribution >= 0.6 is 112 Å². The Labute approximate surface area is 287 Å². The Kier molecular flexibility index (Phi) is 19.0. The molecule has 0 aliphatic rings. The van der Waals surface area contributed by atoms with Crippen LogP contribution < -0.4 is 9.47 Å². The van der Waals surface area contributed by atoms with E-state index in [1.807, 2.05) is 0 Å². The minimum Gasteiger partial charge on any atom is -0.490 e. The predicted molar refractivity (Wildman–Crippen MR) is 186 cm³/mol. The van der Waals surface area contributed by atoms with E-state index in [1.54, 1.807) is 0 Å². The van der Waals surface area contributed by atoms with Crippen molar-refractivity contribution < 1.29 is 14.2 Å². The van der Waals surface area contributed by atoms with E-state index in [0.29, 0.717) is 13.2 Å². The van der Waals surface area contributed by atoms with E-state index >= 15 is 0 Å². The smallest absolute Gasteiger partial charge is 0.147 e. The van der Waals surface area contributed by atoms with Crippen LogP contribution in [0.15, 0.2) is 42.2 Å². The predicted octanol–water partition coefficient (Wildman–Crippen LogP) is 11.8. The highest BCUT2D eigenvalue weighted by atomic mass is 79.9. The SMILES string of the molecule is CCCCCCCCCOC(CBr)COc1c(Br)cc(Cc2cc(Br)c(OCC(Br)CBr)c(Br)c2)cc1Br. The molecule has 0 amide bonds. The number of unbranched alkanes of at least 4 members (excludes halogenated alkanes) is 6. The maximum Gasteiger partial charge on any atom is 0.147 e. The van der Waals surface area contributed by atoms with Gasteiger partial charge in [-0.1, -0.05) is 93.2 Å². The van der Waals surface area contributed by atoms with Gasteiger partial charge in [-0.05, 0) is 112 Å². The zero-order valence-corrected chi connectivity index (χ0v) is 32.6. The third kappa shape index (κ3) is 13.1. The molecule has 2 aromatic rings. The van der Waals surface area contributed by atoms with Gasteiger partial charge in [0, 0.05) is 17.3 Å². The van der Waals surface area contributed by atoms with Gasteiger partial charge in [0.05, 0.1) is 22.7 Å². The van der Waals surface area contributed by atoms with E-state index in [0.717, 1.165) is 70.6 Å². The molecule has 214 valence electrons. The van der Waals surface area contributed by atoms with E-state index in [1.165, 1.54) is 38.5 Å². The summed E-state index contributed by atoms with van der Waals surface area (Å²) in [6.07, 6.45) is 9.74. The van der Waals surface area contributed by atoms with Crippen LogP contribution in [-0.4, -0.2) is 41.4 Å². The van der Waals surface area contributed by atoms with Crippen molar-refractivity contribution in [2.75, 3.05) is 30.5 Å². The molecule has 0 saturated carbocycles. The highest BCUT2D eigenvalue weighted by Crippen LogP contribution is 2.38. The average Bonchev–Trinajstić information content (AvgIpc) is 2.87. The number of benzene rings is 2. The molecule has 0 saturated heterocycles. The lowest BCUT2D eigenvalue weighted by Gasteiger charge is -2.18. The van der Waals surface area contributed by atoms with Crippen LogP contribution in [0.2, 0.25) is 0 Å². The summed E-state index contributed by atoms with van der Waals surface area (Å²) in [6.45, 7) is 4.09. The zero-order chi connectivity index (χ0) is 27.9. The second-order valence-corrected chi connectivity index (χ2v) is 15.1. The van der Waals surface area contributed by atoms with Gasteiger partial charge in [-0.3, -0.25) is 0 Å². The Morgan fingerprint density at radius 2 is 1.13 bits per heavy atom. The van der Waals surface area contributed by atoms with Crippen molar-refractivity contribution in [3.8, 4) is 11.5 Å². The number of hydrogen-bond donors (Lipinski definition) is 0. The molecule has 0 fully saturated rings. The molecule has 2 atom stereocenters. The minimum absolute atomic E-state index is 0.0124. The van der Waals surface area contributed by atoms with Crippen LogP contribution in [0.1, 0.15) is 63.0 Å². The largest absolute Gasteiger partial charge is 0.490 e. The summed E-state index contributed by atoms with van der Waals surface area (Å²) >= 11 is 25.4. The summed E-state index contributed by atoms with van der Waals surface area (Å²) in [5, 5.41) is 1.57. The molecule has 3 nitrogen and oxygen atoms in total. The molecule has 0 heterocycles. The Balaban J connectivity index is 1.90. The molecule has 2 aromatic carbocycles. The molecule has 0 aliphatic heterocycles. The van der Waals surface area contributed by atoms with Crippen LogP contribution in [-0.2, 0) is 11.2 Å². The molecule has 0 radical (unpaired) electrons. The van der Waals surface area contributed by atoms with Crippen molar-refractivity contribution in [2.45, 2.75) is 69.2 Å². The summed E-state index contributed by atoms with van der Waals surface area (Å²) in [6, 6.07) is 8.43. The van der Waals surface area contributed by atoms with Crippen molar-refractivity contribution in [1.82, 2.24) is 0 Å². The number of halogens is 7. The van der Waals surface area contributed by atoms with Crippen molar-refractivity contribution >= 4 is 112 Å². The fourth-order valence-corrected chi connectivity index (χ4v) is 7.49. The first kappa shape index (κ1) is 35.6. The third-order valence-electron chi connectivity index (χ3n) is 5.79. The lowest BCUT2D eigenvalue weighted by molar-refractivity contribution is 0.0335. The second kappa shape index (κ2) is 20.3. The van der Waals surface area contributed by atoms with E-state index in [4.69, 9.17) is 14.2 Å². The lowest BCUT2D eigenvalue weighted by Crippen LogP contribution is -2.24. The molecule has 38 heavy (non-hydrogen) atoms. The van der Waals surface area contributed by atoms with E-state index in [2.05, 4.69) is 143 Å². The average molecular weight is 979 g/mol. The molecule has 10 heteroatoms. The lowest BCUT2D eigenvalue weighted by atomic mass is 10.0. The van der Waals surface area contributed by atoms with Gasteiger partial charge < -0.3 is 14.2 Å². The highest BCUT2D eigenvalue weighted by Gasteiger charge is 2.16. The normalized spacial score (nSPS) is 12.9. The van der Waals surface area contributed by atoms with Crippen molar-refractivity contribution in [1.29, 1.82) is 0 Å². The monoisotopic (exact) mass is 972 g/mol. The topological polar surface area (TPSA) is 27.7 Å². The number of rotatable bonds is 19. The number of alkyl halides is 3. The summed E-state index contributed by atoms with van der Waals surface area (Å²) in [7, 11) is 0. The summed E-state index contributed by atoms with van der Waals surface area (Å²) < 4.78 is 21.9. The Hall–Kier alpha value is 1.36. The molecule has 2 rings (SSSR count).